The first kappa shape index (κ1) is 49.7. The van der Waals surface area contributed by atoms with Crippen LogP contribution in [0.1, 0.15) is 180 Å². The minimum absolute atomic E-state index is 0.324. The molecule has 1 atom stereocenters. The third-order valence-electron chi connectivity index (χ3n) is 9.79. The number of aliphatic hydroxyl groups is 4. The van der Waals surface area contributed by atoms with Gasteiger partial charge in [-0.3, -0.25) is 0 Å². The van der Waals surface area contributed by atoms with Crippen molar-refractivity contribution in [2.24, 2.45) is 11.1 Å². The summed E-state index contributed by atoms with van der Waals surface area (Å²) in [5.74, 6) is 0. The monoisotopic (exact) mass is 751 g/mol. The molecule has 0 aliphatic rings. The summed E-state index contributed by atoms with van der Waals surface area (Å²) in [5.41, 5.74) is 6.02. The average molecular weight is 752 g/mol. The Bertz CT molecular complexity index is 962. The summed E-state index contributed by atoms with van der Waals surface area (Å²) in [6, 6.07) is 4.14. The second kappa shape index (κ2) is 25.7. The van der Waals surface area contributed by atoms with Gasteiger partial charge in [0.05, 0.1) is 25.2 Å². The first-order valence-corrected chi connectivity index (χ1v) is 21.2. The minimum Gasteiger partial charge on any atom is -0.395 e. The molecule has 0 aliphatic heterocycles. The quantitative estimate of drug-likeness (QED) is 0.0349. The first-order valence-electron chi connectivity index (χ1n) is 18.9. The summed E-state index contributed by atoms with van der Waals surface area (Å²) in [6.45, 7) is 13.8. The molecule has 1 aromatic carbocycles. The van der Waals surface area contributed by atoms with E-state index in [0.29, 0.717) is 13.0 Å². The highest BCUT2D eigenvalue weighted by Gasteiger charge is 2.53. The summed E-state index contributed by atoms with van der Waals surface area (Å²) < 4.78 is 3.60. The molecule has 0 saturated carbocycles. The lowest BCUT2D eigenvalue weighted by atomic mass is 9.60. The summed E-state index contributed by atoms with van der Waals surface area (Å²) in [5, 5.41) is 44.5. The van der Waals surface area contributed by atoms with Gasteiger partial charge in [0.15, 0.2) is 0 Å². The number of hydrogen-bond acceptors (Lipinski definition) is 10. The van der Waals surface area contributed by atoms with Crippen LogP contribution in [0.3, 0.4) is 0 Å². The van der Waals surface area contributed by atoms with Gasteiger partial charge in [0, 0.05) is 6.54 Å². The van der Waals surface area contributed by atoms with Gasteiger partial charge in [-0.05, 0) is 39.5 Å². The molecule has 0 aliphatic carbocycles. The third kappa shape index (κ3) is 17.7. The zero-order valence-electron chi connectivity index (χ0n) is 32.5. The van der Waals surface area contributed by atoms with Gasteiger partial charge in [-0.25, -0.2) is 4.31 Å². The topological polar surface area (TPSA) is 197 Å². The lowest BCUT2D eigenvalue weighted by Crippen LogP contribution is -2.55. The molecule has 50 heavy (non-hydrogen) atoms. The van der Waals surface area contributed by atoms with Crippen molar-refractivity contribution in [2.75, 3.05) is 19.8 Å². The van der Waals surface area contributed by atoms with E-state index >= 15 is 0 Å². The van der Waals surface area contributed by atoms with E-state index in [9.17, 15) is 20.4 Å². The molecule has 0 radical (unpaired) electrons. The van der Waals surface area contributed by atoms with Crippen LogP contribution in [-0.4, -0.2) is 59.8 Å². The van der Waals surface area contributed by atoms with Crippen LogP contribution in [0, 0.1) is 5.41 Å². The molecular weight excluding hydrogens is 676 g/mol. The van der Waals surface area contributed by atoms with Gasteiger partial charge in [-0.2, -0.15) is 0 Å². The van der Waals surface area contributed by atoms with Crippen molar-refractivity contribution in [2.45, 2.75) is 181 Å². The molecule has 1 aromatic rings. The van der Waals surface area contributed by atoms with E-state index in [1.54, 1.807) is 0 Å². The fourth-order valence-corrected chi connectivity index (χ4v) is 7.16. The fraction of sp³-hybridized carbons (Fsp3) is 0.842. The van der Waals surface area contributed by atoms with Crippen LogP contribution in [0.5, 0.6) is 0 Å². The molecule has 296 valence electrons. The largest absolute Gasteiger partial charge is 0.395 e. The molecule has 0 saturated heterocycles. The van der Waals surface area contributed by atoms with Crippen molar-refractivity contribution in [1.82, 2.24) is 0 Å². The van der Waals surface area contributed by atoms with E-state index in [1.165, 1.54) is 83.5 Å². The molecule has 1 rings (SSSR count). The smallest absolute Gasteiger partial charge is 0.334 e. The Morgan fingerprint density at radius 1 is 0.580 bits per heavy atom. The van der Waals surface area contributed by atoms with Crippen molar-refractivity contribution in [3.05, 3.63) is 34.4 Å². The number of aliphatic hydroxyl groups excluding tert-OH is 3. The predicted octanol–water partition coefficient (Wildman–Crippen LogP) is 7.97. The molecule has 0 bridgehead atoms. The van der Waals surface area contributed by atoms with E-state index in [0.717, 1.165) is 41.5 Å². The minimum atomic E-state index is -2.61. The van der Waals surface area contributed by atoms with E-state index in [4.69, 9.17) is 25.3 Å². The number of nitrogens with two attached hydrogens (primary N) is 1. The zero-order valence-corrected chi connectivity index (χ0v) is 34.3. The van der Waals surface area contributed by atoms with Gasteiger partial charge < -0.3 is 45.7 Å². The summed E-state index contributed by atoms with van der Waals surface area (Å²) in [6.07, 6.45) is 20.6. The van der Waals surface area contributed by atoms with Crippen LogP contribution >= 0.6 is 17.2 Å². The second-order valence-electron chi connectivity index (χ2n) is 16.0. The van der Waals surface area contributed by atoms with Gasteiger partial charge >= 0.3 is 17.2 Å². The van der Waals surface area contributed by atoms with Crippen molar-refractivity contribution in [3.8, 4) is 0 Å². The third-order valence-corrected chi connectivity index (χ3v) is 11.0. The molecule has 10 nitrogen and oxygen atoms in total. The zero-order chi connectivity index (χ0) is 38.4. The van der Waals surface area contributed by atoms with Gasteiger partial charge in [0.2, 0.25) is 0 Å². The van der Waals surface area contributed by atoms with Crippen LogP contribution in [0.2, 0.25) is 0 Å². The highest BCUT2D eigenvalue weighted by Crippen LogP contribution is 2.50. The fourth-order valence-electron chi connectivity index (χ4n) is 6.64. The molecule has 0 amide bonds. The van der Waals surface area contributed by atoms with Gasteiger partial charge in [0.25, 0.3) is 0 Å². The van der Waals surface area contributed by atoms with Crippen molar-refractivity contribution in [1.29, 1.82) is 0 Å². The SMILES string of the molecule is CCCCCCCCCCCCCCCCCCC(O)(c1c(C(C)(C)C)cc(CN)cc1C(C)(C)C)C(CO)(CO)CO.OP(O)OP(O)O. The Labute approximate surface area is 306 Å². The molecular formula is C38H75NO9P2. The van der Waals surface area contributed by atoms with Crippen LogP contribution in [0.25, 0.3) is 0 Å². The lowest BCUT2D eigenvalue weighted by molar-refractivity contribution is -0.165. The highest BCUT2D eigenvalue weighted by molar-refractivity contribution is 7.53. The van der Waals surface area contributed by atoms with Crippen LogP contribution in [0.4, 0.5) is 0 Å². The normalized spacial score (nSPS) is 13.9. The summed E-state index contributed by atoms with van der Waals surface area (Å²) in [4.78, 5) is 31.3. The summed E-state index contributed by atoms with van der Waals surface area (Å²) in [7, 11) is -5.22. The van der Waals surface area contributed by atoms with E-state index in [2.05, 4.69) is 64.9 Å². The Morgan fingerprint density at radius 2 is 0.900 bits per heavy atom. The van der Waals surface area contributed by atoms with Crippen molar-refractivity contribution < 1.29 is 44.3 Å². The maximum absolute atomic E-state index is 12.7. The standard InChI is InChI=1S/C38H71NO4.H4O5P2/c1-8-9-10-11-12-13-14-15-16-17-18-19-20-21-22-23-24-38(43,37(28-40,29-41)30-42)34-32(35(2,3)4)25-31(27-39)26-33(34)36(5,6)7;1-6(2)5-7(3)4/h25-26,40-43H,8-24,27-30,39H2,1-7H3;1-4H. The lowest BCUT2D eigenvalue weighted by Gasteiger charge is -2.49. The van der Waals surface area contributed by atoms with E-state index in [1.807, 2.05) is 0 Å². The average Bonchev–Trinajstić information content (AvgIpc) is 3.03. The van der Waals surface area contributed by atoms with Gasteiger partial charge in [-0.15, -0.1) is 0 Å². The Morgan fingerprint density at radius 3 is 1.14 bits per heavy atom. The maximum Gasteiger partial charge on any atom is 0.334 e. The van der Waals surface area contributed by atoms with Gasteiger partial charge in [0.1, 0.15) is 5.60 Å². The van der Waals surface area contributed by atoms with Crippen molar-refractivity contribution >= 4 is 17.2 Å². The molecule has 0 aromatic heterocycles. The Kier molecular flexibility index (Phi) is 25.5. The number of benzene rings is 1. The maximum atomic E-state index is 12.7. The number of rotatable bonds is 25. The van der Waals surface area contributed by atoms with Crippen LogP contribution in [-0.2, 0) is 27.3 Å². The Balaban J connectivity index is 0.00000308. The molecule has 1 unspecified atom stereocenters. The first-order chi connectivity index (χ1) is 23.4. The summed E-state index contributed by atoms with van der Waals surface area (Å²) >= 11 is 0. The van der Waals surface area contributed by atoms with Gasteiger partial charge in [-0.1, -0.05) is 163 Å². The Hall–Kier alpha value is -0.320. The molecule has 0 fully saturated rings. The second-order valence-corrected chi connectivity index (χ2v) is 17.7. The predicted molar refractivity (Wildman–Crippen MR) is 207 cm³/mol. The molecule has 0 spiro atoms. The molecule has 0 heterocycles. The van der Waals surface area contributed by atoms with E-state index in [-0.39, 0.29) is 10.8 Å². The molecule has 10 N–H and O–H groups in total. The van der Waals surface area contributed by atoms with E-state index < -0.39 is 48.0 Å². The van der Waals surface area contributed by atoms with Crippen LogP contribution < -0.4 is 5.73 Å². The highest BCUT2D eigenvalue weighted by atomic mass is 31.2. The van der Waals surface area contributed by atoms with Crippen molar-refractivity contribution in [3.63, 3.8) is 0 Å². The van der Waals surface area contributed by atoms with Crippen LogP contribution in [0.15, 0.2) is 12.1 Å². The number of unbranched alkanes of at least 4 members (excludes halogenated alkanes) is 15. The number of hydrogen-bond donors (Lipinski definition) is 9. The molecule has 12 heteroatoms.